The summed E-state index contributed by atoms with van der Waals surface area (Å²) in [5.74, 6) is 0.717. The molecule has 0 radical (unpaired) electrons. The van der Waals surface area contributed by atoms with E-state index in [4.69, 9.17) is 16.3 Å². The van der Waals surface area contributed by atoms with Crippen LogP contribution in [0.4, 0.5) is 16.2 Å². The molecular formula is C17H20ClN3O2. The van der Waals surface area contributed by atoms with E-state index in [0.717, 1.165) is 17.1 Å². The Hall–Kier alpha value is -2.40. The van der Waals surface area contributed by atoms with E-state index in [1.807, 2.05) is 43.3 Å². The van der Waals surface area contributed by atoms with Crippen LogP contribution in [0.2, 0.25) is 5.02 Å². The molecule has 0 saturated heterocycles. The fourth-order valence-electron chi connectivity index (χ4n) is 2.00. The fourth-order valence-corrected chi connectivity index (χ4v) is 2.13. The molecule has 2 rings (SSSR count). The molecule has 2 aromatic carbocycles. The van der Waals surface area contributed by atoms with Crippen LogP contribution in [0.25, 0.3) is 0 Å². The predicted molar refractivity (Wildman–Crippen MR) is 94.7 cm³/mol. The quantitative estimate of drug-likeness (QED) is 0.794. The Morgan fingerprint density at radius 3 is 2.52 bits per heavy atom. The molecule has 6 heteroatoms. The minimum Gasteiger partial charge on any atom is -0.492 e. The Morgan fingerprint density at radius 2 is 1.83 bits per heavy atom. The smallest absolute Gasteiger partial charge is 0.319 e. The SMILES string of the molecule is CN(C)c1ccccc1NC(=O)NCCOc1ccc(Cl)cc1. The molecule has 0 fully saturated rings. The molecule has 0 aliphatic rings. The summed E-state index contributed by atoms with van der Waals surface area (Å²) in [5, 5.41) is 6.25. The number of anilines is 2. The summed E-state index contributed by atoms with van der Waals surface area (Å²) in [4.78, 5) is 13.9. The molecule has 2 amide bonds. The average Bonchev–Trinajstić information content (AvgIpc) is 2.53. The van der Waals surface area contributed by atoms with Gasteiger partial charge in [0.15, 0.2) is 0 Å². The lowest BCUT2D eigenvalue weighted by Gasteiger charge is -2.18. The van der Waals surface area contributed by atoms with Gasteiger partial charge in [-0.05, 0) is 36.4 Å². The van der Waals surface area contributed by atoms with Crippen molar-refractivity contribution in [1.29, 1.82) is 0 Å². The molecule has 0 heterocycles. The third-order valence-electron chi connectivity index (χ3n) is 3.10. The summed E-state index contributed by atoms with van der Waals surface area (Å²) in [5.41, 5.74) is 1.70. The van der Waals surface area contributed by atoms with Gasteiger partial charge in [-0.3, -0.25) is 0 Å². The zero-order chi connectivity index (χ0) is 16.7. The van der Waals surface area contributed by atoms with Gasteiger partial charge >= 0.3 is 6.03 Å². The number of nitrogens with zero attached hydrogens (tertiary/aromatic N) is 1. The molecule has 5 nitrogen and oxygen atoms in total. The molecule has 2 aromatic rings. The molecule has 0 spiro atoms. The van der Waals surface area contributed by atoms with Gasteiger partial charge in [-0.2, -0.15) is 0 Å². The largest absolute Gasteiger partial charge is 0.492 e. The number of ether oxygens (including phenoxy) is 1. The maximum Gasteiger partial charge on any atom is 0.319 e. The molecule has 0 aromatic heterocycles. The van der Waals surface area contributed by atoms with Crippen LogP contribution in [-0.4, -0.2) is 33.3 Å². The van der Waals surface area contributed by atoms with Crippen LogP contribution in [0.1, 0.15) is 0 Å². The monoisotopic (exact) mass is 333 g/mol. The van der Waals surface area contributed by atoms with Crippen molar-refractivity contribution in [3.8, 4) is 5.75 Å². The van der Waals surface area contributed by atoms with Crippen LogP contribution in [0, 0.1) is 0 Å². The minimum absolute atomic E-state index is 0.265. The van der Waals surface area contributed by atoms with Gasteiger partial charge < -0.3 is 20.3 Å². The number of benzene rings is 2. The summed E-state index contributed by atoms with van der Waals surface area (Å²) < 4.78 is 5.51. The summed E-state index contributed by atoms with van der Waals surface area (Å²) >= 11 is 5.80. The number of carbonyl (C=O) groups excluding carboxylic acids is 1. The standard InChI is InChI=1S/C17H20ClN3O2/c1-21(2)16-6-4-3-5-15(16)20-17(22)19-11-12-23-14-9-7-13(18)8-10-14/h3-10H,11-12H2,1-2H3,(H2,19,20,22). The third-order valence-corrected chi connectivity index (χ3v) is 3.36. The van der Waals surface area contributed by atoms with Gasteiger partial charge in [0, 0.05) is 19.1 Å². The first kappa shape index (κ1) is 17.0. The van der Waals surface area contributed by atoms with Crippen molar-refractivity contribution in [2.45, 2.75) is 0 Å². The lowest BCUT2D eigenvalue weighted by Crippen LogP contribution is -2.32. The number of halogens is 1. The first-order chi connectivity index (χ1) is 11.1. The second-order valence-corrected chi connectivity index (χ2v) is 5.53. The Balaban J connectivity index is 1.76. The lowest BCUT2D eigenvalue weighted by atomic mass is 10.2. The normalized spacial score (nSPS) is 10.0. The van der Waals surface area contributed by atoms with E-state index in [1.54, 1.807) is 24.3 Å². The summed E-state index contributed by atoms with van der Waals surface area (Å²) in [6.07, 6.45) is 0. The molecule has 0 unspecified atom stereocenters. The number of hydrogen-bond donors (Lipinski definition) is 2. The van der Waals surface area contributed by atoms with E-state index in [9.17, 15) is 4.79 Å². The number of nitrogens with one attached hydrogen (secondary N) is 2. The van der Waals surface area contributed by atoms with E-state index < -0.39 is 0 Å². The van der Waals surface area contributed by atoms with Crippen molar-refractivity contribution in [3.05, 3.63) is 53.6 Å². The molecule has 122 valence electrons. The van der Waals surface area contributed by atoms with E-state index in [-0.39, 0.29) is 6.03 Å². The Bertz CT molecular complexity index is 645. The molecule has 0 aliphatic carbocycles. The van der Waals surface area contributed by atoms with Gasteiger partial charge in [0.1, 0.15) is 12.4 Å². The Labute approximate surface area is 141 Å². The number of urea groups is 1. The van der Waals surface area contributed by atoms with Crippen molar-refractivity contribution in [2.75, 3.05) is 37.5 Å². The van der Waals surface area contributed by atoms with Crippen LogP contribution in [0.5, 0.6) is 5.75 Å². The van der Waals surface area contributed by atoms with E-state index in [0.29, 0.717) is 18.2 Å². The van der Waals surface area contributed by atoms with Crippen LogP contribution < -0.4 is 20.3 Å². The molecule has 0 atom stereocenters. The number of rotatable bonds is 6. The van der Waals surface area contributed by atoms with Crippen molar-refractivity contribution < 1.29 is 9.53 Å². The maximum absolute atomic E-state index is 11.9. The summed E-state index contributed by atoms with van der Waals surface area (Å²) in [7, 11) is 3.86. The second kappa shape index (κ2) is 8.29. The number of amides is 2. The number of carbonyl (C=O) groups is 1. The lowest BCUT2D eigenvalue weighted by molar-refractivity contribution is 0.247. The number of hydrogen-bond acceptors (Lipinski definition) is 3. The van der Waals surface area contributed by atoms with Crippen LogP contribution in [-0.2, 0) is 0 Å². The summed E-state index contributed by atoms with van der Waals surface area (Å²) in [6, 6.07) is 14.4. The van der Waals surface area contributed by atoms with Gasteiger partial charge in [0.2, 0.25) is 0 Å². The molecule has 0 aliphatic heterocycles. The summed E-state index contributed by atoms with van der Waals surface area (Å²) in [6.45, 7) is 0.781. The highest BCUT2D eigenvalue weighted by atomic mass is 35.5. The first-order valence-electron chi connectivity index (χ1n) is 7.26. The van der Waals surface area contributed by atoms with E-state index in [1.165, 1.54) is 0 Å². The Morgan fingerprint density at radius 1 is 1.13 bits per heavy atom. The van der Waals surface area contributed by atoms with Crippen LogP contribution in [0.3, 0.4) is 0 Å². The van der Waals surface area contributed by atoms with Crippen molar-refractivity contribution in [3.63, 3.8) is 0 Å². The molecule has 0 bridgehead atoms. The zero-order valence-corrected chi connectivity index (χ0v) is 13.9. The van der Waals surface area contributed by atoms with Gasteiger partial charge in [-0.25, -0.2) is 4.79 Å². The minimum atomic E-state index is -0.265. The topological polar surface area (TPSA) is 53.6 Å². The highest BCUT2D eigenvalue weighted by Crippen LogP contribution is 2.23. The predicted octanol–water partition coefficient (Wildman–Crippen LogP) is 3.61. The van der Waals surface area contributed by atoms with E-state index in [2.05, 4.69) is 10.6 Å². The van der Waals surface area contributed by atoms with E-state index >= 15 is 0 Å². The molecule has 0 saturated carbocycles. The second-order valence-electron chi connectivity index (χ2n) is 5.09. The highest BCUT2D eigenvalue weighted by molar-refractivity contribution is 6.30. The number of para-hydroxylation sites is 2. The third kappa shape index (κ3) is 5.38. The van der Waals surface area contributed by atoms with Crippen molar-refractivity contribution in [1.82, 2.24) is 5.32 Å². The van der Waals surface area contributed by atoms with Gasteiger partial charge in [0.25, 0.3) is 0 Å². The van der Waals surface area contributed by atoms with Gasteiger partial charge in [-0.15, -0.1) is 0 Å². The van der Waals surface area contributed by atoms with Crippen molar-refractivity contribution in [2.24, 2.45) is 0 Å². The molecule has 23 heavy (non-hydrogen) atoms. The van der Waals surface area contributed by atoms with Gasteiger partial charge in [0.05, 0.1) is 17.9 Å². The highest BCUT2D eigenvalue weighted by Gasteiger charge is 2.07. The Kier molecular flexibility index (Phi) is 6.11. The van der Waals surface area contributed by atoms with Crippen LogP contribution in [0.15, 0.2) is 48.5 Å². The van der Waals surface area contributed by atoms with Crippen LogP contribution >= 0.6 is 11.6 Å². The average molecular weight is 334 g/mol. The fraction of sp³-hybridized carbons (Fsp3) is 0.235. The molecular weight excluding hydrogens is 314 g/mol. The zero-order valence-electron chi connectivity index (χ0n) is 13.2. The van der Waals surface area contributed by atoms with Gasteiger partial charge in [-0.1, -0.05) is 23.7 Å². The molecule has 2 N–H and O–H groups in total. The maximum atomic E-state index is 11.9. The first-order valence-corrected chi connectivity index (χ1v) is 7.63. The van der Waals surface area contributed by atoms with Crippen molar-refractivity contribution >= 4 is 29.0 Å².